The predicted molar refractivity (Wildman–Crippen MR) is 122 cm³/mol. The molecule has 0 radical (unpaired) electrons. The molecule has 0 amide bonds. The highest BCUT2D eigenvalue weighted by Gasteiger charge is 2.22. The zero-order valence-electron chi connectivity index (χ0n) is 18.7. The second-order valence-corrected chi connectivity index (χ2v) is 9.04. The highest BCUT2D eigenvalue weighted by molar-refractivity contribution is 6.79. The van der Waals surface area contributed by atoms with Crippen LogP contribution < -0.4 is 0 Å². The van der Waals surface area contributed by atoms with Gasteiger partial charge >= 0.3 is 0 Å². The summed E-state index contributed by atoms with van der Waals surface area (Å²) in [5.41, 5.74) is 0. The summed E-state index contributed by atoms with van der Waals surface area (Å²) in [7, 11) is 0. The van der Waals surface area contributed by atoms with E-state index in [0.717, 1.165) is 6.54 Å². The maximum Gasteiger partial charge on any atom is 0.0989 e. The molecule has 2 nitrogen and oxygen atoms in total. The molecule has 0 atom stereocenters. The van der Waals surface area contributed by atoms with Crippen molar-refractivity contribution >= 4 is 12.0 Å². The van der Waals surface area contributed by atoms with Gasteiger partial charge in [-0.15, -0.1) is 0 Å². The lowest BCUT2D eigenvalue weighted by Crippen LogP contribution is -2.33. The molecule has 2 aliphatic heterocycles. The van der Waals surface area contributed by atoms with Crippen molar-refractivity contribution < 1.29 is 0 Å². The fourth-order valence-electron chi connectivity index (χ4n) is 5.02. The van der Waals surface area contributed by atoms with Crippen LogP contribution in [0.3, 0.4) is 0 Å². The lowest BCUT2D eigenvalue weighted by molar-refractivity contribution is 0.427. The largest absolute Gasteiger partial charge is 0.360 e. The van der Waals surface area contributed by atoms with Gasteiger partial charge in [0.15, 0.2) is 0 Å². The number of fused-ring (bicyclic) bond motifs is 1. The van der Waals surface area contributed by atoms with Gasteiger partial charge in [0.1, 0.15) is 0 Å². The first-order valence-corrected chi connectivity index (χ1v) is 12.2. The van der Waals surface area contributed by atoms with E-state index in [2.05, 4.69) is 37.6 Å². The van der Waals surface area contributed by atoms with Crippen molar-refractivity contribution in [1.29, 1.82) is 0 Å². The number of unbranched alkanes of at least 4 members (excludes halogenated alkanes) is 4. The molecule has 0 aromatic heterocycles. The summed E-state index contributed by atoms with van der Waals surface area (Å²) in [5.74, 6) is 1.38. The average molecular weight is 363 g/mol. The Labute approximate surface area is 165 Å². The van der Waals surface area contributed by atoms with Gasteiger partial charge in [0.25, 0.3) is 0 Å². The maximum absolute atomic E-state index is 4.43. The van der Waals surface area contributed by atoms with E-state index in [0.29, 0.717) is 0 Å². The van der Waals surface area contributed by atoms with E-state index in [1.165, 1.54) is 89.6 Å². The highest BCUT2D eigenvalue weighted by atomic mass is 15.2. The van der Waals surface area contributed by atoms with Gasteiger partial charge < -0.3 is 4.90 Å². The average Bonchev–Trinajstić information content (AvgIpc) is 3.16. The predicted octanol–water partition coefficient (Wildman–Crippen LogP) is 7.52. The molecular formula is C23H48BN2-. The molecule has 0 bridgehead atoms. The van der Waals surface area contributed by atoms with E-state index in [1.807, 2.05) is 0 Å². The Bertz CT molecular complexity index is 330. The molecule has 0 aromatic carbocycles. The van der Waals surface area contributed by atoms with Crippen molar-refractivity contribution in [3.05, 3.63) is 0 Å². The van der Waals surface area contributed by atoms with Gasteiger partial charge in [0.05, 0.1) is 5.84 Å². The number of hydrogen-bond acceptors (Lipinski definition) is 2. The van der Waals surface area contributed by atoms with Crippen LogP contribution in [0, 0.1) is 0 Å². The van der Waals surface area contributed by atoms with Crippen molar-refractivity contribution in [3.8, 4) is 0 Å². The quantitative estimate of drug-likeness (QED) is 0.327. The molecule has 154 valence electrons. The van der Waals surface area contributed by atoms with E-state index < -0.39 is 0 Å². The van der Waals surface area contributed by atoms with Gasteiger partial charge in [-0.1, -0.05) is 79.1 Å². The summed E-state index contributed by atoms with van der Waals surface area (Å²) < 4.78 is 0. The van der Waals surface area contributed by atoms with E-state index in [1.54, 1.807) is 25.3 Å². The van der Waals surface area contributed by atoms with Crippen molar-refractivity contribution in [3.63, 3.8) is 0 Å². The zero-order valence-corrected chi connectivity index (χ0v) is 18.7. The fourth-order valence-corrected chi connectivity index (χ4v) is 5.02. The topological polar surface area (TPSA) is 15.6 Å². The fraction of sp³-hybridized carbons (Fsp3) is 0.957. The SMILES string of the molecule is C1CN=C2CCCN2C1.CCCC[B-](CCCC)(CCCC)CCCC. The first-order chi connectivity index (χ1) is 12.7. The third kappa shape index (κ3) is 8.95. The zero-order chi connectivity index (χ0) is 19.1. The van der Waals surface area contributed by atoms with Crippen molar-refractivity contribution in [2.45, 2.75) is 124 Å². The van der Waals surface area contributed by atoms with E-state index in [-0.39, 0.29) is 6.15 Å². The van der Waals surface area contributed by atoms with Gasteiger partial charge in [-0.25, -0.2) is 0 Å². The Morgan fingerprint density at radius 2 is 1.19 bits per heavy atom. The van der Waals surface area contributed by atoms with Gasteiger partial charge in [0, 0.05) is 32.2 Å². The molecule has 0 aliphatic carbocycles. The third-order valence-electron chi connectivity index (χ3n) is 6.75. The first kappa shape index (κ1) is 23.6. The lowest BCUT2D eigenvalue weighted by Gasteiger charge is -2.40. The number of nitrogens with zero attached hydrogens (tertiary/aromatic N) is 2. The van der Waals surface area contributed by atoms with E-state index in [4.69, 9.17) is 0 Å². The van der Waals surface area contributed by atoms with E-state index in [9.17, 15) is 0 Å². The number of hydrogen-bond donors (Lipinski definition) is 0. The van der Waals surface area contributed by atoms with Gasteiger partial charge in [-0.3, -0.25) is 4.99 Å². The Hall–Kier alpha value is -0.465. The number of amidine groups is 1. The summed E-state index contributed by atoms with van der Waals surface area (Å²) in [5, 5.41) is 0. The maximum atomic E-state index is 4.43. The molecule has 3 heteroatoms. The van der Waals surface area contributed by atoms with Crippen LogP contribution in [0.5, 0.6) is 0 Å². The minimum Gasteiger partial charge on any atom is -0.360 e. The van der Waals surface area contributed by atoms with Crippen molar-refractivity contribution in [1.82, 2.24) is 4.90 Å². The Morgan fingerprint density at radius 1 is 0.731 bits per heavy atom. The molecule has 2 rings (SSSR count). The van der Waals surface area contributed by atoms with Crippen LogP contribution in [0.4, 0.5) is 0 Å². The van der Waals surface area contributed by atoms with Crippen LogP contribution in [0.25, 0.3) is 0 Å². The first-order valence-electron chi connectivity index (χ1n) is 12.2. The second kappa shape index (κ2) is 14.6. The summed E-state index contributed by atoms with van der Waals surface area (Å²) in [6.45, 7) is 13.0. The van der Waals surface area contributed by atoms with Crippen LogP contribution in [-0.2, 0) is 0 Å². The highest BCUT2D eigenvalue weighted by Crippen LogP contribution is 2.33. The molecule has 0 N–H and O–H groups in total. The molecule has 0 aromatic rings. The molecule has 2 heterocycles. The van der Waals surface area contributed by atoms with Crippen LogP contribution in [0.1, 0.15) is 98.3 Å². The molecule has 0 unspecified atom stereocenters. The molecule has 1 fully saturated rings. The monoisotopic (exact) mass is 363 g/mol. The molecular weight excluding hydrogens is 315 g/mol. The van der Waals surface area contributed by atoms with E-state index >= 15 is 0 Å². The van der Waals surface area contributed by atoms with Crippen LogP contribution >= 0.6 is 0 Å². The molecule has 1 saturated heterocycles. The second-order valence-electron chi connectivity index (χ2n) is 9.04. The standard InChI is InChI=1S/C16H36B.C7H12N2/c1-5-9-13-17(14-10-6-2,15-11-7-3)16-12-8-4;1-3-7-8-4-2-6-9(7)5-1/h5-16H2,1-4H3;1-6H2/q-1;. The lowest BCUT2D eigenvalue weighted by atomic mass is 9.17. The summed E-state index contributed by atoms with van der Waals surface area (Å²) >= 11 is 0. The van der Waals surface area contributed by atoms with Crippen molar-refractivity contribution in [2.24, 2.45) is 4.99 Å². The van der Waals surface area contributed by atoms with Crippen molar-refractivity contribution in [2.75, 3.05) is 19.6 Å². The summed E-state index contributed by atoms with van der Waals surface area (Å²) in [6.07, 6.45) is 21.4. The van der Waals surface area contributed by atoms with Gasteiger partial charge in [0.2, 0.25) is 0 Å². The Balaban J connectivity index is 0.000000308. The van der Waals surface area contributed by atoms with Crippen LogP contribution in [-0.4, -0.2) is 36.5 Å². The number of aliphatic imine (C=N–C) groups is 1. The molecule has 0 spiro atoms. The van der Waals surface area contributed by atoms with Crippen LogP contribution in [0.15, 0.2) is 4.99 Å². The number of rotatable bonds is 12. The molecule has 0 saturated carbocycles. The van der Waals surface area contributed by atoms with Crippen LogP contribution in [0.2, 0.25) is 25.3 Å². The smallest absolute Gasteiger partial charge is 0.0989 e. The minimum absolute atomic E-state index is 0.00722. The Morgan fingerprint density at radius 3 is 1.62 bits per heavy atom. The minimum atomic E-state index is -0.00722. The third-order valence-corrected chi connectivity index (χ3v) is 6.75. The summed E-state index contributed by atoms with van der Waals surface area (Å²) in [4.78, 5) is 6.85. The summed E-state index contributed by atoms with van der Waals surface area (Å²) in [6, 6.07) is 0. The normalized spacial score (nSPS) is 16.8. The van der Waals surface area contributed by atoms with Gasteiger partial charge in [-0.2, -0.15) is 25.3 Å². The molecule has 26 heavy (non-hydrogen) atoms. The Kier molecular flexibility index (Phi) is 13.2. The van der Waals surface area contributed by atoms with Gasteiger partial charge in [-0.05, 0) is 12.8 Å². The molecule has 2 aliphatic rings.